The van der Waals surface area contributed by atoms with Crippen LogP contribution >= 0.6 is 0 Å². The molecule has 5 aromatic carbocycles. The van der Waals surface area contributed by atoms with Gasteiger partial charge in [0.1, 0.15) is 27.9 Å². The molecule has 0 aliphatic rings. The summed E-state index contributed by atoms with van der Waals surface area (Å²) in [7, 11) is 2.18. The number of hydrogen-bond donors (Lipinski definition) is 0. The fraction of sp³-hybridized carbons (Fsp3) is 0.182. The first kappa shape index (κ1) is 29.5. The highest BCUT2D eigenvalue weighted by molar-refractivity contribution is 6.13. The molecule has 9 rings (SSSR count). The van der Waals surface area contributed by atoms with Gasteiger partial charge in [-0.05, 0) is 77.9 Å². The van der Waals surface area contributed by atoms with Crippen molar-refractivity contribution in [3.8, 4) is 28.2 Å². The Bertz CT molecular complexity index is 2710. The maximum Gasteiger partial charge on any atom is 0.299 e. The molecule has 0 saturated heterocycles. The number of aryl methyl sites for hydroxylation is 2. The molecular weight excluding hydrogens is 603 g/mol. The molecule has 49 heavy (non-hydrogen) atoms. The van der Waals surface area contributed by atoms with E-state index in [-0.39, 0.29) is 11.8 Å². The van der Waals surface area contributed by atoms with Crippen LogP contribution in [0, 0.1) is 6.92 Å². The zero-order chi connectivity index (χ0) is 33.6. The predicted octanol–water partition coefficient (Wildman–Crippen LogP) is 11.5. The second kappa shape index (κ2) is 10.9. The highest BCUT2D eigenvalue weighted by Gasteiger charge is 2.34. The van der Waals surface area contributed by atoms with Crippen molar-refractivity contribution in [1.82, 2.24) is 9.55 Å². The zero-order valence-corrected chi connectivity index (χ0v) is 28.7. The minimum Gasteiger partial charge on any atom is -0.454 e. The van der Waals surface area contributed by atoms with E-state index < -0.39 is 0 Å². The smallest absolute Gasteiger partial charge is 0.299 e. The molecule has 0 bridgehead atoms. The molecule has 9 aromatic rings. The molecular formula is C44H38N3O2+. The first-order valence-corrected chi connectivity index (χ1v) is 17.2. The van der Waals surface area contributed by atoms with Crippen molar-refractivity contribution in [3.63, 3.8) is 0 Å². The van der Waals surface area contributed by atoms with Crippen LogP contribution < -0.4 is 4.57 Å². The number of pyridine rings is 1. The van der Waals surface area contributed by atoms with Gasteiger partial charge in [-0.15, -0.1) is 0 Å². The molecule has 0 aliphatic heterocycles. The highest BCUT2D eigenvalue weighted by Crippen LogP contribution is 2.43. The number of fused-ring (bicyclic) bond motifs is 7. The third-order valence-corrected chi connectivity index (χ3v) is 10.1. The molecule has 0 spiro atoms. The molecule has 0 amide bonds. The average Bonchev–Trinajstić information content (AvgIpc) is 3.75. The van der Waals surface area contributed by atoms with Crippen molar-refractivity contribution in [2.75, 3.05) is 0 Å². The van der Waals surface area contributed by atoms with Gasteiger partial charge in [0.05, 0.1) is 7.05 Å². The first-order valence-electron chi connectivity index (χ1n) is 17.2. The van der Waals surface area contributed by atoms with Gasteiger partial charge in [-0.1, -0.05) is 88.4 Å². The summed E-state index contributed by atoms with van der Waals surface area (Å²) in [6, 6.07) is 38.7. The quantitative estimate of drug-likeness (QED) is 0.176. The first-order chi connectivity index (χ1) is 23.8. The minimum absolute atomic E-state index is 0.285. The van der Waals surface area contributed by atoms with E-state index in [2.05, 4.69) is 136 Å². The van der Waals surface area contributed by atoms with E-state index >= 15 is 0 Å². The molecule has 4 heterocycles. The Hall–Kier alpha value is -5.68. The Labute approximate surface area is 285 Å². The lowest BCUT2D eigenvalue weighted by Crippen LogP contribution is -2.30. The molecule has 240 valence electrons. The largest absolute Gasteiger partial charge is 0.454 e. The molecule has 0 aliphatic carbocycles. The molecule has 0 unspecified atom stereocenters. The van der Waals surface area contributed by atoms with E-state index in [1.807, 2.05) is 24.3 Å². The molecule has 0 saturated carbocycles. The van der Waals surface area contributed by atoms with Gasteiger partial charge in [0, 0.05) is 28.0 Å². The molecule has 0 N–H and O–H groups in total. The standard InChI is InChI=1S/C44H38N3O2/c1-25(2)32-22-29(28-14-8-7-9-15-28)23-33(26(3)4)42(32)47-35-18-12-11-17-34(35)46(6)44(47)39-27(5)20-21-31-41-38(49-43(31)39)24-37-40(45-41)30-16-10-13-19-36(30)48-37/h7-26H,1-6H3/q+1. The number of aromatic nitrogens is 3. The summed E-state index contributed by atoms with van der Waals surface area (Å²) in [6.07, 6.45) is 0. The Kier molecular flexibility index (Phi) is 6.57. The lowest BCUT2D eigenvalue weighted by molar-refractivity contribution is -0.633. The Morgan fingerprint density at radius 1 is 0.633 bits per heavy atom. The predicted molar refractivity (Wildman–Crippen MR) is 201 cm³/mol. The second-order valence-corrected chi connectivity index (χ2v) is 13.9. The van der Waals surface area contributed by atoms with Crippen LogP contribution in [0.4, 0.5) is 0 Å². The van der Waals surface area contributed by atoms with Crippen LogP contribution in [0.5, 0.6) is 0 Å². The number of hydrogen-bond acceptors (Lipinski definition) is 3. The van der Waals surface area contributed by atoms with Gasteiger partial charge in [-0.2, -0.15) is 4.57 Å². The van der Waals surface area contributed by atoms with Crippen molar-refractivity contribution in [3.05, 3.63) is 126 Å². The zero-order valence-electron chi connectivity index (χ0n) is 28.7. The van der Waals surface area contributed by atoms with E-state index in [1.165, 1.54) is 27.9 Å². The van der Waals surface area contributed by atoms with Gasteiger partial charge in [-0.3, -0.25) is 0 Å². The SMILES string of the molecule is Cc1ccc2c(oc3cc4oc5ccccc5c4nc32)c1-c1n(-c2c(C(C)C)cc(-c3ccccc3)cc2C(C)C)c2ccccc2[n+]1C. The fourth-order valence-corrected chi connectivity index (χ4v) is 7.69. The monoisotopic (exact) mass is 640 g/mol. The summed E-state index contributed by atoms with van der Waals surface area (Å²) in [6.45, 7) is 11.4. The van der Waals surface area contributed by atoms with Gasteiger partial charge in [0.2, 0.25) is 0 Å². The third kappa shape index (κ3) is 4.38. The Balaban J connectivity index is 1.40. The van der Waals surface area contributed by atoms with E-state index in [0.29, 0.717) is 0 Å². The van der Waals surface area contributed by atoms with Crippen molar-refractivity contribution in [2.24, 2.45) is 7.05 Å². The van der Waals surface area contributed by atoms with Gasteiger partial charge < -0.3 is 8.83 Å². The molecule has 0 radical (unpaired) electrons. The Morgan fingerprint density at radius 3 is 2.04 bits per heavy atom. The summed E-state index contributed by atoms with van der Waals surface area (Å²) >= 11 is 0. The highest BCUT2D eigenvalue weighted by atomic mass is 16.3. The lowest BCUT2D eigenvalue weighted by Gasteiger charge is -2.21. The third-order valence-electron chi connectivity index (χ3n) is 10.1. The van der Waals surface area contributed by atoms with E-state index in [0.717, 1.165) is 72.1 Å². The fourth-order valence-electron chi connectivity index (χ4n) is 7.69. The van der Waals surface area contributed by atoms with Crippen molar-refractivity contribution >= 4 is 55.2 Å². The number of furan rings is 2. The topological polar surface area (TPSA) is 48.0 Å². The van der Waals surface area contributed by atoms with E-state index in [9.17, 15) is 0 Å². The molecule has 5 nitrogen and oxygen atoms in total. The van der Waals surface area contributed by atoms with Gasteiger partial charge in [0.25, 0.3) is 5.82 Å². The van der Waals surface area contributed by atoms with Crippen LogP contribution in [0.2, 0.25) is 0 Å². The van der Waals surface area contributed by atoms with Crippen LogP contribution in [0.15, 0.2) is 118 Å². The minimum atomic E-state index is 0.285. The Morgan fingerprint density at radius 2 is 1.29 bits per heavy atom. The molecule has 0 fully saturated rings. The van der Waals surface area contributed by atoms with Gasteiger partial charge >= 0.3 is 0 Å². The molecule has 5 heteroatoms. The lowest BCUT2D eigenvalue weighted by atomic mass is 9.88. The maximum absolute atomic E-state index is 6.85. The normalized spacial score (nSPS) is 12.2. The van der Waals surface area contributed by atoms with E-state index in [4.69, 9.17) is 13.8 Å². The summed E-state index contributed by atoms with van der Waals surface area (Å²) in [5, 5.41) is 2.00. The van der Waals surface area contributed by atoms with Crippen LogP contribution in [0.3, 0.4) is 0 Å². The number of imidazole rings is 1. The molecule has 4 aromatic heterocycles. The number of benzene rings is 5. The van der Waals surface area contributed by atoms with Gasteiger partial charge in [0.15, 0.2) is 27.8 Å². The number of nitrogens with zero attached hydrogens (tertiary/aromatic N) is 3. The maximum atomic E-state index is 6.85. The van der Waals surface area contributed by atoms with Crippen LogP contribution in [0.1, 0.15) is 56.2 Å². The van der Waals surface area contributed by atoms with E-state index in [1.54, 1.807) is 0 Å². The van der Waals surface area contributed by atoms with Crippen molar-refractivity contribution < 1.29 is 13.4 Å². The van der Waals surface area contributed by atoms with Crippen molar-refractivity contribution in [2.45, 2.75) is 46.5 Å². The summed E-state index contributed by atoms with van der Waals surface area (Å²) in [5.41, 5.74) is 15.7. The van der Waals surface area contributed by atoms with Crippen LogP contribution in [-0.4, -0.2) is 9.55 Å². The second-order valence-electron chi connectivity index (χ2n) is 13.9. The van der Waals surface area contributed by atoms with Crippen LogP contribution in [0.25, 0.3) is 83.4 Å². The van der Waals surface area contributed by atoms with Gasteiger partial charge in [-0.25, -0.2) is 9.55 Å². The summed E-state index contributed by atoms with van der Waals surface area (Å²) in [5.74, 6) is 1.65. The number of rotatable bonds is 5. The number of para-hydroxylation sites is 3. The van der Waals surface area contributed by atoms with Crippen molar-refractivity contribution in [1.29, 1.82) is 0 Å². The van der Waals surface area contributed by atoms with Crippen LogP contribution in [-0.2, 0) is 7.05 Å². The summed E-state index contributed by atoms with van der Waals surface area (Å²) in [4.78, 5) is 5.18. The average molecular weight is 641 g/mol. The summed E-state index contributed by atoms with van der Waals surface area (Å²) < 4.78 is 17.9. The molecule has 0 atom stereocenters.